The number of ether oxygens (including phenoxy) is 2. The number of aromatic nitrogens is 2. The Morgan fingerprint density at radius 3 is 2.68 bits per heavy atom. The molecule has 0 bridgehead atoms. The van der Waals surface area contributed by atoms with Gasteiger partial charge < -0.3 is 13.9 Å². The van der Waals surface area contributed by atoms with E-state index in [1.165, 1.54) is 6.26 Å². The van der Waals surface area contributed by atoms with Crippen molar-refractivity contribution >= 4 is 10.8 Å². The van der Waals surface area contributed by atoms with Gasteiger partial charge in [-0.25, -0.2) is 9.97 Å². The summed E-state index contributed by atoms with van der Waals surface area (Å²) in [4.78, 5) is 8.49. The van der Waals surface area contributed by atoms with Crippen molar-refractivity contribution in [3.05, 3.63) is 36.7 Å². The van der Waals surface area contributed by atoms with E-state index >= 15 is 0 Å². The molecule has 2 aromatic heterocycles. The topological polar surface area (TPSA) is 57.4 Å². The number of rotatable bonds is 3. The smallest absolute Gasteiger partial charge is 0.245 e. The Morgan fingerprint density at radius 1 is 1.11 bits per heavy atom. The maximum absolute atomic E-state index is 5.32. The Bertz CT molecular complexity index is 708. The molecule has 0 saturated heterocycles. The van der Waals surface area contributed by atoms with Crippen LogP contribution in [0.1, 0.15) is 0 Å². The van der Waals surface area contributed by atoms with Gasteiger partial charge in [0.25, 0.3) is 0 Å². The highest BCUT2D eigenvalue weighted by molar-refractivity contribution is 5.90. The second-order valence-corrected chi connectivity index (χ2v) is 3.94. The number of hydrogen-bond donors (Lipinski definition) is 0. The van der Waals surface area contributed by atoms with E-state index in [-0.39, 0.29) is 0 Å². The molecule has 2 heterocycles. The van der Waals surface area contributed by atoms with Gasteiger partial charge in [-0.2, -0.15) is 0 Å². The molecule has 1 aromatic carbocycles. The van der Waals surface area contributed by atoms with Crippen molar-refractivity contribution in [1.29, 1.82) is 0 Å². The van der Waals surface area contributed by atoms with Gasteiger partial charge in [-0.15, -0.1) is 0 Å². The zero-order valence-corrected chi connectivity index (χ0v) is 10.6. The maximum Gasteiger partial charge on any atom is 0.245 e. The lowest BCUT2D eigenvalue weighted by molar-refractivity contribution is 0.402. The summed E-state index contributed by atoms with van der Waals surface area (Å²) in [5.41, 5.74) is 0.627. The van der Waals surface area contributed by atoms with Gasteiger partial charge in [0.1, 0.15) is 17.7 Å². The number of nitrogens with zero attached hydrogens (tertiary/aromatic N) is 2. The summed E-state index contributed by atoms with van der Waals surface area (Å²) in [6.45, 7) is 0. The minimum atomic E-state index is 0.461. The van der Waals surface area contributed by atoms with Gasteiger partial charge in [-0.3, -0.25) is 0 Å². The van der Waals surface area contributed by atoms with Gasteiger partial charge in [-0.1, -0.05) is 0 Å². The predicted octanol–water partition coefficient (Wildman–Crippen LogP) is 2.91. The molecule has 5 heteroatoms. The van der Waals surface area contributed by atoms with Crippen LogP contribution in [0.2, 0.25) is 0 Å². The van der Waals surface area contributed by atoms with E-state index in [0.29, 0.717) is 17.5 Å². The minimum absolute atomic E-state index is 0.461. The third kappa shape index (κ3) is 1.99. The third-order valence-electron chi connectivity index (χ3n) is 2.85. The number of pyridine rings is 1. The molecule has 0 unspecified atom stereocenters. The van der Waals surface area contributed by atoms with Crippen molar-refractivity contribution in [2.75, 3.05) is 14.2 Å². The average molecular weight is 256 g/mol. The Kier molecular flexibility index (Phi) is 2.79. The lowest BCUT2D eigenvalue weighted by atomic mass is 10.1. The first-order chi connectivity index (χ1) is 9.31. The van der Waals surface area contributed by atoms with Crippen molar-refractivity contribution in [1.82, 2.24) is 9.97 Å². The Morgan fingerprint density at radius 2 is 2.00 bits per heavy atom. The van der Waals surface area contributed by atoms with Gasteiger partial charge >= 0.3 is 0 Å². The molecule has 96 valence electrons. The summed E-state index contributed by atoms with van der Waals surface area (Å²) < 4.78 is 15.8. The van der Waals surface area contributed by atoms with Gasteiger partial charge in [0.05, 0.1) is 20.4 Å². The molecule has 0 spiro atoms. The Hall–Kier alpha value is -2.56. The number of oxazole rings is 1. The van der Waals surface area contributed by atoms with Crippen molar-refractivity contribution < 1.29 is 13.9 Å². The molecule has 0 aliphatic heterocycles. The van der Waals surface area contributed by atoms with Crippen LogP contribution in [0.4, 0.5) is 0 Å². The molecule has 5 nitrogen and oxygen atoms in total. The lowest BCUT2D eigenvalue weighted by Gasteiger charge is -2.08. The average Bonchev–Trinajstić information content (AvgIpc) is 2.99. The summed E-state index contributed by atoms with van der Waals surface area (Å²) in [6.07, 6.45) is 3.10. The largest absolute Gasteiger partial charge is 0.497 e. The summed E-state index contributed by atoms with van der Waals surface area (Å²) in [5, 5.41) is 1.87. The Balaban J connectivity index is 2.25. The fourth-order valence-corrected chi connectivity index (χ4v) is 1.95. The molecule has 0 saturated carbocycles. The quantitative estimate of drug-likeness (QED) is 0.721. The first-order valence-electron chi connectivity index (χ1n) is 5.74. The number of methoxy groups -OCH3 is 2. The van der Waals surface area contributed by atoms with Crippen molar-refractivity contribution in [2.45, 2.75) is 0 Å². The first-order valence-corrected chi connectivity index (χ1v) is 5.74. The molecule has 3 aromatic rings. The molecular formula is C14H12N2O3. The van der Waals surface area contributed by atoms with E-state index < -0.39 is 0 Å². The zero-order chi connectivity index (χ0) is 13.2. The summed E-state index contributed by atoms with van der Waals surface area (Å²) in [7, 11) is 3.22. The van der Waals surface area contributed by atoms with Gasteiger partial charge in [0, 0.05) is 5.39 Å². The first kappa shape index (κ1) is 11.5. The third-order valence-corrected chi connectivity index (χ3v) is 2.85. The van der Waals surface area contributed by atoms with Crippen LogP contribution in [0.3, 0.4) is 0 Å². The number of benzene rings is 1. The van der Waals surface area contributed by atoms with Crippen molar-refractivity contribution in [3.63, 3.8) is 0 Å². The van der Waals surface area contributed by atoms with Gasteiger partial charge in [-0.05, 0) is 29.7 Å². The fourth-order valence-electron chi connectivity index (χ4n) is 1.95. The SMILES string of the molecule is COc1ccc2c(OC)nc(-c3ncco3)cc2c1. The molecule has 0 aliphatic rings. The lowest BCUT2D eigenvalue weighted by Crippen LogP contribution is -1.93. The molecule has 19 heavy (non-hydrogen) atoms. The molecule has 0 aliphatic carbocycles. The van der Waals surface area contributed by atoms with Crippen LogP contribution in [0.15, 0.2) is 41.1 Å². The zero-order valence-electron chi connectivity index (χ0n) is 10.6. The van der Waals surface area contributed by atoms with Crippen LogP contribution in [0.5, 0.6) is 11.6 Å². The molecule has 0 radical (unpaired) electrons. The van der Waals surface area contributed by atoms with Crippen LogP contribution in [-0.4, -0.2) is 24.2 Å². The highest BCUT2D eigenvalue weighted by atomic mass is 16.5. The van der Waals surface area contributed by atoms with Crippen LogP contribution in [0.25, 0.3) is 22.4 Å². The van der Waals surface area contributed by atoms with Crippen molar-refractivity contribution in [3.8, 4) is 23.2 Å². The van der Waals surface area contributed by atoms with Crippen molar-refractivity contribution in [2.24, 2.45) is 0 Å². The van der Waals surface area contributed by atoms with Crippen LogP contribution >= 0.6 is 0 Å². The van der Waals surface area contributed by atoms with E-state index in [9.17, 15) is 0 Å². The van der Waals surface area contributed by atoms with E-state index in [0.717, 1.165) is 16.5 Å². The van der Waals surface area contributed by atoms with E-state index in [2.05, 4.69) is 9.97 Å². The van der Waals surface area contributed by atoms with E-state index in [4.69, 9.17) is 13.9 Å². The maximum atomic E-state index is 5.32. The van der Waals surface area contributed by atoms with E-state index in [1.807, 2.05) is 24.3 Å². The highest BCUT2D eigenvalue weighted by Gasteiger charge is 2.11. The molecule has 0 N–H and O–H groups in total. The number of hydrogen-bond acceptors (Lipinski definition) is 5. The molecule has 0 amide bonds. The second-order valence-electron chi connectivity index (χ2n) is 3.94. The predicted molar refractivity (Wildman–Crippen MR) is 70.3 cm³/mol. The standard InChI is InChI=1S/C14H12N2O3/c1-17-10-3-4-11-9(7-10)8-12(16-13(11)18-2)14-15-5-6-19-14/h3-8H,1-2H3. The fraction of sp³-hybridized carbons (Fsp3) is 0.143. The minimum Gasteiger partial charge on any atom is -0.497 e. The van der Waals surface area contributed by atoms with Crippen LogP contribution in [-0.2, 0) is 0 Å². The summed E-state index contributed by atoms with van der Waals surface area (Å²) in [5.74, 6) is 1.77. The molecule has 3 rings (SSSR count). The molecule has 0 atom stereocenters. The second kappa shape index (κ2) is 4.61. The molecular weight excluding hydrogens is 244 g/mol. The number of fused-ring (bicyclic) bond motifs is 1. The van der Waals surface area contributed by atoms with Gasteiger partial charge in [0.15, 0.2) is 0 Å². The summed E-state index contributed by atoms with van der Waals surface area (Å²) in [6, 6.07) is 7.61. The molecule has 0 fully saturated rings. The Labute approximate surface area is 109 Å². The highest BCUT2D eigenvalue weighted by Crippen LogP contribution is 2.30. The van der Waals surface area contributed by atoms with Crippen LogP contribution in [0, 0.1) is 0 Å². The van der Waals surface area contributed by atoms with Gasteiger partial charge in [0.2, 0.25) is 11.8 Å². The normalized spacial score (nSPS) is 10.6. The van der Waals surface area contributed by atoms with E-state index in [1.54, 1.807) is 20.4 Å². The van der Waals surface area contributed by atoms with Crippen LogP contribution < -0.4 is 9.47 Å². The monoisotopic (exact) mass is 256 g/mol. The summed E-state index contributed by atoms with van der Waals surface area (Å²) >= 11 is 0.